The van der Waals surface area contributed by atoms with E-state index >= 15 is 0 Å². The van der Waals surface area contributed by atoms with Gasteiger partial charge in [0, 0.05) is 18.7 Å². The number of ether oxygens (including phenoxy) is 2. The number of carbonyl (C=O) groups excluding carboxylic acids is 2. The van der Waals surface area contributed by atoms with Crippen LogP contribution < -0.4 is 14.4 Å². The van der Waals surface area contributed by atoms with Gasteiger partial charge in [-0.05, 0) is 62.1 Å². The number of para-hydroxylation sites is 2. The first-order valence-electron chi connectivity index (χ1n) is 11.3. The molecule has 0 unspecified atom stereocenters. The third-order valence-electron chi connectivity index (χ3n) is 5.83. The third-order valence-corrected chi connectivity index (χ3v) is 5.83. The van der Waals surface area contributed by atoms with Gasteiger partial charge in [0.1, 0.15) is 11.5 Å². The van der Waals surface area contributed by atoms with Crippen LogP contribution in [0.1, 0.15) is 49.4 Å². The van der Waals surface area contributed by atoms with Crippen LogP contribution >= 0.6 is 0 Å². The SMILES string of the molecule is CCCCOc1ccc(C(=O)N2C[C@H](C(=O)N3CCCCC3)Oc3ccccc32)cc1. The number of rotatable bonds is 6. The highest BCUT2D eigenvalue weighted by Gasteiger charge is 2.36. The van der Waals surface area contributed by atoms with Gasteiger partial charge in [-0.2, -0.15) is 0 Å². The first-order chi connectivity index (χ1) is 15.2. The van der Waals surface area contributed by atoms with Crippen molar-refractivity contribution >= 4 is 17.5 Å². The van der Waals surface area contributed by atoms with Crippen molar-refractivity contribution in [2.45, 2.75) is 45.1 Å². The number of amides is 2. The van der Waals surface area contributed by atoms with E-state index in [1.54, 1.807) is 17.0 Å². The van der Waals surface area contributed by atoms with Crippen molar-refractivity contribution < 1.29 is 19.1 Å². The molecule has 2 aromatic carbocycles. The number of fused-ring (bicyclic) bond motifs is 1. The second kappa shape index (κ2) is 9.86. The van der Waals surface area contributed by atoms with Crippen LogP contribution in [-0.4, -0.2) is 49.1 Å². The Bertz CT molecular complexity index is 906. The summed E-state index contributed by atoms with van der Waals surface area (Å²) in [5.74, 6) is 1.14. The molecule has 0 saturated carbocycles. The number of hydrogen-bond donors (Lipinski definition) is 0. The molecule has 31 heavy (non-hydrogen) atoms. The van der Waals surface area contributed by atoms with Gasteiger partial charge < -0.3 is 19.3 Å². The smallest absolute Gasteiger partial charge is 0.265 e. The number of anilines is 1. The van der Waals surface area contributed by atoms with Crippen molar-refractivity contribution in [1.29, 1.82) is 0 Å². The molecule has 2 heterocycles. The summed E-state index contributed by atoms with van der Waals surface area (Å²) < 4.78 is 11.7. The molecular formula is C25H30N2O4. The number of carbonyl (C=O) groups is 2. The van der Waals surface area contributed by atoms with Crippen LogP contribution in [0.3, 0.4) is 0 Å². The molecule has 0 radical (unpaired) electrons. The second-order valence-electron chi connectivity index (χ2n) is 8.10. The lowest BCUT2D eigenvalue weighted by molar-refractivity contribution is -0.139. The van der Waals surface area contributed by atoms with Crippen LogP contribution in [0.15, 0.2) is 48.5 Å². The maximum Gasteiger partial charge on any atom is 0.265 e. The summed E-state index contributed by atoms with van der Waals surface area (Å²) in [6.07, 6.45) is 4.58. The van der Waals surface area contributed by atoms with Crippen molar-refractivity contribution in [3.63, 3.8) is 0 Å². The molecule has 4 rings (SSSR count). The predicted molar refractivity (Wildman–Crippen MR) is 120 cm³/mol. The van der Waals surface area contributed by atoms with E-state index in [4.69, 9.17) is 9.47 Å². The molecule has 2 amide bonds. The van der Waals surface area contributed by atoms with Crippen LogP contribution in [0.25, 0.3) is 0 Å². The maximum absolute atomic E-state index is 13.4. The Balaban J connectivity index is 1.53. The number of likely N-dealkylation sites (tertiary alicyclic amines) is 1. The Morgan fingerprint density at radius 1 is 1.03 bits per heavy atom. The van der Waals surface area contributed by atoms with Crippen LogP contribution in [0.4, 0.5) is 5.69 Å². The fraction of sp³-hybridized carbons (Fsp3) is 0.440. The van der Waals surface area contributed by atoms with Crippen LogP contribution in [-0.2, 0) is 4.79 Å². The lowest BCUT2D eigenvalue weighted by Crippen LogP contribution is -2.52. The van der Waals surface area contributed by atoms with Gasteiger partial charge in [0.2, 0.25) is 0 Å². The van der Waals surface area contributed by atoms with Crippen molar-refractivity contribution in [2.24, 2.45) is 0 Å². The van der Waals surface area contributed by atoms with Crippen LogP contribution in [0, 0.1) is 0 Å². The highest BCUT2D eigenvalue weighted by atomic mass is 16.5. The van der Waals surface area contributed by atoms with Gasteiger partial charge >= 0.3 is 0 Å². The minimum Gasteiger partial charge on any atom is -0.494 e. The molecular weight excluding hydrogens is 392 g/mol. The van der Waals surface area contributed by atoms with Crippen molar-refractivity contribution in [1.82, 2.24) is 4.90 Å². The maximum atomic E-state index is 13.4. The Morgan fingerprint density at radius 2 is 1.77 bits per heavy atom. The monoisotopic (exact) mass is 422 g/mol. The molecule has 0 N–H and O–H groups in total. The fourth-order valence-electron chi connectivity index (χ4n) is 4.06. The van der Waals surface area contributed by atoms with Crippen LogP contribution in [0.5, 0.6) is 11.5 Å². The number of hydrogen-bond acceptors (Lipinski definition) is 4. The minimum absolute atomic E-state index is 0.0355. The summed E-state index contributed by atoms with van der Waals surface area (Å²) in [7, 11) is 0. The zero-order valence-electron chi connectivity index (χ0n) is 18.1. The second-order valence-corrected chi connectivity index (χ2v) is 8.10. The summed E-state index contributed by atoms with van der Waals surface area (Å²) in [5, 5.41) is 0. The molecule has 0 aliphatic carbocycles. The third kappa shape index (κ3) is 4.84. The lowest BCUT2D eigenvalue weighted by Gasteiger charge is -2.37. The van der Waals surface area contributed by atoms with E-state index in [1.807, 2.05) is 41.3 Å². The van der Waals surface area contributed by atoms with E-state index in [1.165, 1.54) is 0 Å². The first-order valence-corrected chi connectivity index (χ1v) is 11.3. The van der Waals surface area contributed by atoms with Gasteiger partial charge in [-0.1, -0.05) is 25.5 Å². The highest BCUT2D eigenvalue weighted by molar-refractivity contribution is 6.08. The zero-order chi connectivity index (χ0) is 21.6. The zero-order valence-corrected chi connectivity index (χ0v) is 18.1. The van der Waals surface area contributed by atoms with E-state index < -0.39 is 6.10 Å². The molecule has 6 nitrogen and oxygen atoms in total. The van der Waals surface area contributed by atoms with Crippen molar-refractivity contribution in [3.8, 4) is 11.5 Å². The fourth-order valence-corrected chi connectivity index (χ4v) is 4.06. The molecule has 1 atom stereocenters. The highest BCUT2D eigenvalue weighted by Crippen LogP contribution is 2.35. The number of unbranched alkanes of at least 4 members (excludes halogenated alkanes) is 1. The summed E-state index contributed by atoms with van der Waals surface area (Å²) in [6, 6.07) is 14.6. The Kier molecular flexibility index (Phi) is 6.75. The minimum atomic E-state index is -0.686. The quantitative estimate of drug-likeness (QED) is 0.652. The van der Waals surface area contributed by atoms with E-state index in [-0.39, 0.29) is 18.4 Å². The van der Waals surface area contributed by atoms with Crippen molar-refractivity contribution in [2.75, 3.05) is 31.1 Å². The average molecular weight is 423 g/mol. The van der Waals surface area contributed by atoms with Crippen molar-refractivity contribution in [3.05, 3.63) is 54.1 Å². The van der Waals surface area contributed by atoms with Gasteiger partial charge in [0.15, 0.2) is 6.10 Å². The first kappa shape index (κ1) is 21.2. The summed E-state index contributed by atoms with van der Waals surface area (Å²) in [5.41, 5.74) is 1.25. The molecule has 164 valence electrons. The van der Waals surface area contributed by atoms with E-state index in [2.05, 4.69) is 6.92 Å². The standard InChI is InChI=1S/C25H30N2O4/c1-2-3-17-30-20-13-11-19(12-14-20)24(28)27-18-23(25(29)26-15-7-4-8-16-26)31-22-10-6-5-9-21(22)27/h5-6,9-14,23H,2-4,7-8,15-18H2,1H3/t23-/m1/s1. The van der Waals surface area contributed by atoms with Gasteiger partial charge in [-0.3, -0.25) is 9.59 Å². The normalized spacial score (nSPS) is 18.2. The Labute approximate surface area is 183 Å². The van der Waals surface area contributed by atoms with Gasteiger partial charge in [0.25, 0.3) is 11.8 Å². The number of nitrogens with zero attached hydrogens (tertiary/aromatic N) is 2. The molecule has 6 heteroatoms. The topological polar surface area (TPSA) is 59.1 Å². The van der Waals surface area contributed by atoms with E-state index in [9.17, 15) is 9.59 Å². The number of piperidine rings is 1. The Hall–Kier alpha value is -3.02. The summed E-state index contributed by atoms with van der Waals surface area (Å²) >= 11 is 0. The van der Waals surface area contributed by atoms with Gasteiger partial charge in [0.05, 0.1) is 18.8 Å². The summed E-state index contributed by atoms with van der Waals surface area (Å²) in [4.78, 5) is 30.0. The molecule has 1 fully saturated rings. The van der Waals surface area contributed by atoms with Gasteiger partial charge in [-0.15, -0.1) is 0 Å². The molecule has 0 aromatic heterocycles. The largest absolute Gasteiger partial charge is 0.494 e. The molecule has 2 aliphatic rings. The molecule has 2 aromatic rings. The van der Waals surface area contributed by atoms with Gasteiger partial charge in [-0.25, -0.2) is 0 Å². The Morgan fingerprint density at radius 3 is 2.52 bits per heavy atom. The lowest BCUT2D eigenvalue weighted by atomic mass is 10.1. The molecule has 0 spiro atoms. The van der Waals surface area contributed by atoms with E-state index in [0.717, 1.165) is 50.9 Å². The predicted octanol–water partition coefficient (Wildman–Crippen LogP) is 4.29. The van der Waals surface area contributed by atoms with Crippen LogP contribution in [0.2, 0.25) is 0 Å². The van der Waals surface area contributed by atoms with E-state index in [0.29, 0.717) is 23.6 Å². The molecule has 0 bridgehead atoms. The number of benzene rings is 2. The average Bonchev–Trinajstić information content (AvgIpc) is 2.83. The summed E-state index contributed by atoms with van der Waals surface area (Å²) in [6.45, 7) is 4.51. The molecule has 1 saturated heterocycles. The molecule has 2 aliphatic heterocycles.